The highest BCUT2D eigenvalue weighted by molar-refractivity contribution is 5.65. The molecule has 0 bridgehead atoms. The van der Waals surface area contributed by atoms with Gasteiger partial charge in [0.2, 0.25) is 5.75 Å². The summed E-state index contributed by atoms with van der Waals surface area (Å²) in [5.41, 5.74) is 4.59. The number of hydrogen-bond acceptors (Lipinski definition) is 2. The van der Waals surface area contributed by atoms with Crippen molar-refractivity contribution in [2.75, 3.05) is 14.2 Å². The van der Waals surface area contributed by atoms with Crippen LogP contribution in [-0.2, 0) is 20.5 Å². The van der Waals surface area contributed by atoms with Crippen LogP contribution in [0.15, 0.2) is 54.6 Å². The van der Waals surface area contributed by atoms with Crippen molar-refractivity contribution in [3.05, 3.63) is 65.9 Å². The van der Waals surface area contributed by atoms with E-state index in [2.05, 4.69) is 47.7 Å². The molecule has 0 radical (unpaired) electrons. The van der Waals surface area contributed by atoms with Crippen LogP contribution in [0, 0.1) is 0 Å². The molecule has 1 heterocycles. The highest BCUT2D eigenvalue weighted by atomic mass is 16.5. The molecular formula is C20H23N2O2+. The lowest BCUT2D eigenvalue weighted by Crippen LogP contribution is -2.39. The minimum absolute atomic E-state index is 0.796. The molecular weight excluding hydrogens is 300 g/mol. The molecule has 0 amide bonds. The summed E-state index contributed by atoms with van der Waals surface area (Å²) in [6, 6.07) is 18.5. The van der Waals surface area contributed by atoms with E-state index in [1.807, 2.05) is 30.3 Å². The number of hydrogen-bond donors (Lipinski definition) is 0. The molecule has 0 N–H and O–H groups in total. The number of rotatable bonds is 5. The lowest BCUT2D eigenvalue weighted by Gasteiger charge is -2.05. The maximum absolute atomic E-state index is 5.78. The van der Waals surface area contributed by atoms with Crippen molar-refractivity contribution >= 4 is 0 Å². The lowest BCUT2D eigenvalue weighted by molar-refractivity contribution is -0.741. The minimum Gasteiger partial charge on any atom is -0.497 e. The highest BCUT2D eigenvalue weighted by Gasteiger charge is 2.28. The number of aromatic nitrogens is 2. The molecule has 0 spiro atoms. The molecule has 3 rings (SSSR count). The summed E-state index contributed by atoms with van der Waals surface area (Å²) in [5, 5.41) is 0. The van der Waals surface area contributed by atoms with Crippen LogP contribution in [-0.4, -0.2) is 18.9 Å². The SMILES string of the molecule is COc1ccc(Cc2c(OC)c(-c3ccccc3)[n+](C)n2C)cc1. The zero-order valence-electron chi connectivity index (χ0n) is 14.6. The highest BCUT2D eigenvalue weighted by Crippen LogP contribution is 2.32. The number of ether oxygens (including phenoxy) is 2. The van der Waals surface area contributed by atoms with Crippen molar-refractivity contribution in [2.24, 2.45) is 14.1 Å². The number of benzene rings is 2. The monoisotopic (exact) mass is 323 g/mol. The van der Waals surface area contributed by atoms with E-state index in [-0.39, 0.29) is 0 Å². The van der Waals surface area contributed by atoms with Crippen LogP contribution in [0.3, 0.4) is 0 Å². The second-order valence-electron chi connectivity index (χ2n) is 5.77. The Labute approximate surface area is 142 Å². The zero-order valence-corrected chi connectivity index (χ0v) is 14.6. The normalized spacial score (nSPS) is 10.7. The van der Waals surface area contributed by atoms with Gasteiger partial charge in [-0.25, -0.2) is 0 Å². The Hall–Kier alpha value is -2.75. The summed E-state index contributed by atoms with van der Waals surface area (Å²) in [6.07, 6.45) is 0.796. The van der Waals surface area contributed by atoms with E-state index in [4.69, 9.17) is 9.47 Å². The van der Waals surface area contributed by atoms with Gasteiger partial charge in [0.25, 0.3) is 5.69 Å². The third kappa shape index (κ3) is 2.87. The van der Waals surface area contributed by atoms with Gasteiger partial charge in [-0.05, 0) is 29.8 Å². The van der Waals surface area contributed by atoms with Gasteiger partial charge in [-0.15, -0.1) is 4.68 Å². The van der Waals surface area contributed by atoms with Crippen molar-refractivity contribution in [1.82, 2.24) is 4.68 Å². The molecule has 0 aliphatic rings. The number of methoxy groups -OCH3 is 2. The van der Waals surface area contributed by atoms with E-state index < -0.39 is 0 Å². The van der Waals surface area contributed by atoms with Crippen LogP contribution in [0.4, 0.5) is 0 Å². The first-order chi connectivity index (χ1) is 11.7. The average Bonchev–Trinajstić information content (AvgIpc) is 2.87. The van der Waals surface area contributed by atoms with Crippen molar-refractivity contribution in [2.45, 2.75) is 6.42 Å². The Bertz CT molecular complexity index is 821. The summed E-state index contributed by atoms with van der Waals surface area (Å²) in [7, 11) is 7.54. The third-order valence-electron chi connectivity index (χ3n) is 4.42. The fraction of sp³-hybridized carbons (Fsp3) is 0.250. The first kappa shape index (κ1) is 16.1. The molecule has 124 valence electrons. The van der Waals surface area contributed by atoms with Gasteiger partial charge < -0.3 is 9.47 Å². The van der Waals surface area contributed by atoms with Crippen LogP contribution in [0.5, 0.6) is 11.5 Å². The Morgan fingerprint density at radius 1 is 0.917 bits per heavy atom. The van der Waals surface area contributed by atoms with Crippen LogP contribution < -0.4 is 14.2 Å². The molecule has 0 saturated heterocycles. The first-order valence-corrected chi connectivity index (χ1v) is 7.96. The zero-order chi connectivity index (χ0) is 17.1. The third-order valence-corrected chi connectivity index (χ3v) is 4.42. The maximum Gasteiger partial charge on any atom is 0.280 e. The molecule has 2 aromatic carbocycles. The van der Waals surface area contributed by atoms with Crippen molar-refractivity contribution in [3.8, 4) is 22.8 Å². The summed E-state index contributed by atoms with van der Waals surface area (Å²) >= 11 is 0. The van der Waals surface area contributed by atoms with Crippen LogP contribution in [0.1, 0.15) is 11.3 Å². The standard InChI is InChI=1S/C20H23N2O2/c1-21-18(14-15-10-12-17(23-3)13-11-15)20(24-4)19(22(21)2)16-8-6-5-7-9-16/h5-13H,14H2,1-4H3/q+1. The van der Waals surface area contributed by atoms with Crippen LogP contribution in [0.25, 0.3) is 11.3 Å². The van der Waals surface area contributed by atoms with Gasteiger partial charge in [0.1, 0.15) is 11.4 Å². The van der Waals surface area contributed by atoms with Crippen molar-refractivity contribution in [1.29, 1.82) is 0 Å². The summed E-state index contributed by atoms with van der Waals surface area (Å²) in [5.74, 6) is 1.79. The van der Waals surface area contributed by atoms with Gasteiger partial charge in [-0.1, -0.05) is 30.3 Å². The summed E-state index contributed by atoms with van der Waals surface area (Å²) < 4.78 is 15.3. The minimum atomic E-state index is 0.796. The average molecular weight is 323 g/mol. The molecule has 0 unspecified atom stereocenters. The molecule has 0 atom stereocenters. The summed E-state index contributed by atoms with van der Waals surface area (Å²) in [6.45, 7) is 0. The van der Waals surface area contributed by atoms with E-state index >= 15 is 0 Å². The molecule has 3 aromatic rings. The molecule has 4 heteroatoms. The Morgan fingerprint density at radius 2 is 1.58 bits per heavy atom. The molecule has 4 nitrogen and oxygen atoms in total. The quantitative estimate of drug-likeness (QED) is 0.675. The van der Waals surface area contributed by atoms with E-state index in [1.165, 1.54) is 5.56 Å². The van der Waals surface area contributed by atoms with E-state index in [9.17, 15) is 0 Å². The lowest BCUT2D eigenvalue weighted by atomic mass is 10.1. The van der Waals surface area contributed by atoms with Gasteiger partial charge in [-0.3, -0.25) is 0 Å². The second-order valence-corrected chi connectivity index (χ2v) is 5.77. The van der Waals surface area contributed by atoms with Crippen molar-refractivity contribution < 1.29 is 14.2 Å². The molecule has 24 heavy (non-hydrogen) atoms. The first-order valence-electron chi connectivity index (χ1n) is 7.96. The van der Waals surface area contributed by atoms with E-state index in [0.717, 1.165) is 34.9 Å². The predicted molar refractivity (Wildman–Crippen MR) is 94.4 cm³/mol. The second kappa shape index (κ2) is 6.79. The van der Waals surface area contributed by atoms with Crippen LogP contribution >= 0.6 is 0 Å². The Kier molecular flexibility index (Phi) is 4.56. The molecule has 0 saturated carbocycles. The van der Waals surface area contributed by atoms with Crippen molar-refractivity contribution in [3.63, 3.8) is 0 Å². The fourth-order valence-electron chi connectivity index (χ4n) is 3.02. The Morgan fingerprint density at radius 3 is 2.17 bits per heavy atom. The van der Waals surface area contributed by atoms with Gasteiger partial charge in [0.05, 0.1) is 26.8 Å². The molecule has 1 aromatic heterocycles. The Balaban J connectivity index is 2.04. The van der Waals surface area contributed by atoms with Gasteiger partial charge >= 0.3 is 0 Å². The topological polar surface area (TPSA) is 27.3 Å². The maximum atomic E-state index is 5.78. The molecule has 0 fully saturated rings. The largest absolute Gasteiger partial charge is 0.497 e. The predicted octanol–water partition coefficient (Wildman–Crippen LogP) is 3.12. The van der Waals surface area contributed by atoms with E-state index in [1.54, 1.807) is 14.2 Å². The van der Waals surface area contributed by atoms with Gasteiger partial charge in [-0.2, -0.15) is 4.68 Å². The number of nitrogens with zero attached hydrogens (tertiary/aromatic N) is 2. The summed E-state index contributed by atoms with van der Waals surface area (Å²) in [4.78, 5) is 0. The van der Waals surface area contributed by atoms with Crippen LogP contribution in [0.2, 0.25) is 0 Å². The fourth-order valence-corrected chi connectivity index (χ4v) is 3.02. The van der Waals surface area contributed by atoms with E-state index in [0.29, 0.717) is 0 Å². The smallest absolute Gasteiger partial charge is 0.280 e. The van der Waals surface area contributed by atoms with Gasteiger partial charge in [0.15, 0.2) is 7.05 Å². The molecule has 0 aliphatic carbocycles. The molecule has 0 aliphatic heterocycles. The van der Waals surface area contributed by atoms with Gasteiger partial charge in [0, 0.05) is 6.42 Å².